The van der Waals surface area contributed by atoms with Crippen LogP contribution in [-0.4, -0.2) is 33.8 Å². The summed E-state index contributed by atoms with van der Waals surface area (Å²) in [5, 5.41) is 9.86. The van der Waals surface area contributed by atoms with Gasteiger partial charge in [-0.1, -0.05) is 62.4 Å². The zero-order valence-electron chi connectivity index (χ0n) is 17.0. The Morgan fingerprint density at radius 2 is 1.26 bits per heavy atom. The molecule has 2 amide bonds. The Hall–Kier alpha value is -2.37. The Morgan fingerprint density at radius 1 is 0.903 bits per heavy atom. The van der Waals surface area contributed by atoms with Crippen molar-refractivity contribution in [3.8, 4) is 0 Å². The van der Waals surface area contributed by atoms with Crippen LogP contribution in [0, 0.1) is 17.8 Å². The smallest absolute Gasteiger partial charge is 0.326 e. The van der Waals surface area contributed by atoms with Gasteiger partial charge in [0.05, 0.1) is 11.8 Å². The van der Waals surface area contributed by atoms with Gasteiger partial charge in [-0.25, -0.2) is 4.79 Å². The fourth-order valence-electron chi connectivity index (χ4n) is 5.76. The molecular weight excluding hydrogens is 437 g/mol. The van der Waals surface area contributed by atoms with E-state index in [1.165, 1.54) is 0 Å². The van der Waals surface area contributed by atoms with Crippen molar-refractivity contribution in [2.75, 3.05) is 0 Å². The number of hydrogen-bond acceptors (Lipinski definition) is 3. The molecule has 1 heterocycles. The first kappa shape index (κ1) is 20.5. The largest absolute Gasteiger partial charge is 0.480 e. The van der Waals surface area contributed by atoms with E-state index in [1.807, 2.05) is 62.4 Å². The van der Waals surface area contributed by atoms with Gasteiger partial charge in [-0.15, -0.1) is 23.2 Å². The van der Waals surface area contributed by atoms with Gasteiger partial charge in [-0.2, -0.15) is 0 Å². The van der Waals surface area contributed by atoms with Gasteiger partial charge in [0.1, 0.15) is 15.8 Å². The quantitative estimate of drug-likeness (QED) is 0.554. The second-order valence-electron chi connectivity index (χ2n) is 9.00. The Bertz CT molecular complexity index is 1020. The summed E-state index contributed by atoms with van der Waals surface area (Å²) in [6.07, 6.45) is 0.163. The minimum atomic E-state index is -1.29. The van der Waals surface area contributed by atoms with Gasteiger partial charge in [-0.3, -0.25) is 14.5 Å². The summed E-state index contributed by atoms with van der Waals surface area (Å²) in [5.41, 5.74) is 2.80. The summed E-state index contributed by atoms with van der Waals surface area (Å²) >= 11 is 14.7. The predicted molar refractivity (Wildman–Crippen MR) is 116 cm³/mol. The van der Waals surface area contributed by atoms with Gasteiger partial charge >= 0.3 is 5.97 Å². The second kappa shape index (κ2) is 6.57. The Balaban J connectivity index is 1.78. The summed E-state index contributed by atoms with van der Waals surface area (Å²) in [5.74, 6) is -4.30. The molecule has 1 aliphatic heterocycles. The van der Waals surface area contributed by atoms with Crippen LogP contribution in [0.15, 0.2) is 48.5 Å². The molecule has 1 fully saturated rings. The van der Waals surface area contributed by atoms with Crippen LogP contribution in [0.2, 0.25) is 0 Å². The molecule has 31 heavy (non-hydrogen) atoms. The van der Waals surface area contributed by atoms with Crippen molar-refractivity contribution in [3.63, 3.8) is 0 Å². The molecular formula is C24H21Cl2NO4. The average molecular weight is 458 g/mol. The number of carbonyl (C=O) groups excluding carboxylic acids is 2. The molecule has 3 aliphatic carbocycles. The van der Waals surface area contributed by atoms with Crippen molar-refractivity contribution in [1.29, 1.82) is 0 Å². The maximum Gasteiger partial charge on any atom is 0.326 e. The fourth-order valence-corrected chi connectivity index (χ4v) is 6.86. The van der Waals surface area contributed by atoms with E-state index in [2.05, 4.69) is 0 Å². The molecule has 1 N–H and O–H groups in total. The van der Waals surface area contributed by atoms with E-state index in [1.54, 1.807) is 0 Å². The van der Waals surface area contributed by atoms with E-state index >= 15 is 0 Å². The van der Waals surface area contributed by atoms with Gasteiger partial charge in [0, 0.05) is 0 Å². The number of rotatable bonds is 4. The third-order valence-electron chi connectivity index (χ3n) is 6.91. The van der Waals surface area contributed by atoms with Crippen molar-refractivity contribution in [1.82, 2.24) is 4.90 Å². The number of likely N-dealkylation sites (tertiary alicyclic amines) is 1. The minimum absolute atomic E-state index is 0.0228. The molecule has 0 unspecified atom stereocenters. The topological polar surface area (TPSA) is 74.7 Å². The predicted octanol–water partition coefficient (Wildman–Crippen LogP) is 4.08. The van der Waals surface area contributed by atoms with Gasteiger partial charge in [0.25, 0.3) is 0 Å². The van der Waals surface area contributed by atoms with Crippen molar-refractivity contribution in [2.24, 2.45) is 17.8 Å². The van der Waals surface area contributed by atoms with E-state index in [-0.39, 0.29) is 12.3 Å². The second-order valence-corrected chi connectivity index (χ2v) is 10.2. The zero-order valence-corrected chi connectivity index (χ0v) is 18.5. The molecule has 0 aromatic heterocycles. The lowest BCUT2D eigenvalue weighted by Crippen LogP contribution is -2.57. The van der Waals surface area contributed by atoms with E-state index < -0.39 is 45.4 Å². The number of imide groups is 1. The molecule has 160 valence electrons. The molecule has 3 atom stereocenters. The number of aliphatic carboxylic acids is 1. The van der Waals surface area contributed by atoms with Crippen molar-refractivity contribution in [2.45, 2.75) is 36.1 Å². The zero-order chi connectivity index (χ0) is 22.3. The number of carboxylic acids is 1. The molecule has 2 bridgehead atoms. The van der Waals surface area contributed by atoms with Crippen LogP contribution >= 0.6 is 23.2 Å². The van der Waals surface area contributed by atoms with Crippen LogP contribution in [0.25, 0.3) is 0 Å². The summed E-state index contributed by atoms with van der Waals surface area (Å²) in [6.45, 7) is 3.71. The number of hydrogen-bond donors (Lipinski definition) is 1. The highest BCUT2D eigenvalue weighted by Crippen LogP contribution is 2.69. The first-order valence-electron chi connectivity index (χ1n) is 10.3. The van der Waals surface area contributed by atoms with E-state index in [4.69, 9.17) is 23.2 Å². The van der Waals surface area contributed by atoms with E-state index in [0.717, 1.165) is 4.90 Å². The highest BCUT2D eigenvalue weighted by molar-refractivity contribution is 6.36. The molecule has 2 aromatic carbocycles. The lowest BCUT2D eigenvalue weighted by atomic mass is 9.54. The van der Waals surface area contributed by atoms with Crippen LogP contribution in [0.5, 0.6) is 0 Å². The van der Waals surface area contributed by atoms with Gasteiger partial charge in [-0.05, 0) is 34.6 Å². The SMILES string of the molecule is CC(C)C[C@H](C(=O)O)N1C(=O)[C@H]2[C@H](C1=O)C1(Cl)c3ccccc3C2(Cl)c2ccccc21. The molecule has 6 rings (SSSR count). The Kier molecular flexibility index (Phi) is 4.35. The summed E-state index contributed by atoms with van der Waals surface area (Å²) in [6, 6.07) is 13.4. The number of nitrogens with zero attached hydrogens (tertiary/aromatic N) is 1. The molecule has 0 saturated carbocycles. The Morgan fingerprint density at radius 3 is 1.55 bits per heavy atom. The van der Waals surface area contributed by atoms with Gasteiger partial charge < -0.3 is 5.11 Å². The lowest BCUT2D eigenvalue weighted by Gasteiger charge is -2.54. The number of benzene rings is 2. The third kappa shape index (κ3) is 2.36. The first-order chi connectivity index (χ1) is 14.6. The summed E-state index contributed by atoms with van der Waals surface area (Å²) < 4.78 is 0. The standard InChI is InChI=1S/C24H21Cl2NO4/c1-12(2)11-17(22(30)31)27-20(28)18-19(21(27)29)24(26)14-8-4-3-7-13(14)23(18,25)15-9-5-6-10-16(15)24/h3-10,12,17-19H,11H2,1-2H3,(H,30,31)/t17-,18-,19-,23?,24?/m1/s1. The first-order valence-corrected chi connectivity index (χ1v) is 11.1. The number of halogens is 2. The van der Waals surface area contributed by atoms with Gasteiger partial charge in [0.15, 0.2) is 0 Å². The molecule has 1 saturated heterocycles. The van der Waals surface area contributed by atoms with Crippen LogP contribution in [0.3, 0.4) is 0 Å². The number of amides is 2. The average Bonchev–Trinajstić information content (AvgIpc) is 3.01. The molecule has 0 radical (unpaired) electrons. The fraction of sp³-hybridized carbons (Fsp3) is 0.375. The maximum atomic E-state index is 13.7. The molecule has 4 aliphatic rings. The highest BCUT2D eigenvalue weighted by Gasteiger charge is 2.73. The number of carboxylic acid groups (broad SMARTS) is 1. The minimum Gasteiger partial charge on any atom is -0.480 e. The molecule has 7 heteroatoms. The number of carbonyl (C=O) groups is 3. The van der Waals surface area contributed by atoms with Crippen molar-refractivity contribution < 1.29 is 19.5 Å². The molecule has 5 nitrogen and oxygen atoms in total. The molecule has 0 spiro atoms. The maximum absolute atomic E-state index is 13.7. The lowest BCUT2D eigenvalue weighted by molar-refractivity contribution is -0.155. The number of alkyl halides is 2. The van der Waals surface area contributed by atoms with Crippen LogP contribution in [0.4, 0.5) is 0 Å². The van der Waals surface area contributed by atoms with Gasteiger partial charge in [0.2, 0.25) is 11.8 Å². The Labute approximate surface area is 189 Å². The van der Waals surface area contributed by atoms with Crippen molar-refractivity contribution in [3.05, 3.63) is 70.8 Å². The van der Waals surface area contributed by atoms with Crippen LogP contribution in [0.1, 0.15) is 42.5 Å². The summed E-state index contributed by atoms with van der Waals surface area (Å²) in [4.78, 5) is 37.9. The van der Waals surface area contributed by atoms with Crippen LogP contribution in [-0.2, 0) is 24.1 Å². The highest BCUT2D eigenvalue weighted by atomic mass is 35.5. The monoisotopic (exact) mass is 457 g/mol. The van der Waals surface area contributed by atoms with Crippen LogP contribution < -0.4 is 0 Å². The van der Waals surface area contributed by atoms with E-state index in [0.29, 0.717) is 22.3 Å². The third-order valence-corrected chi connectivity index (χ3v) is 8.20. The van der Waals surface area contributed by atoms with E-state index in [9.17, 15) is 19.5 Å². The van der Waals surface area contributed by atoms with Crippen molar-refractivity contribution >= 4 is 41.0 Å². The molecule has 2 aromatic rings. The normalized spacial score (nSPS) is 31.5. The summed E-state index contributed by atoms with van der Waals surface area (Å²) in [7, 11) is 0.